The van der Waals surface area contributed by atoms with Crippen LogP contribution in [0.3, 0.4) is 0 Å². The molecule has 0 bridgehead atoms. The van der Waals surface area contributed by atoms with Gasteiger partial charge in [-0.05, 0) is 50.2 Å². The highest BCUT2D eigenvalue weighted by molar-refractivity contribution is 5.70. The molecule has 0 heterocycles. The zero-order valence-electron chi connectivity index (χ0n) is 14.0. The first-order valence-corrected chi connectivity index (χ1v) is 7.54. The average Bonchev–Trinajstić information content (AvgIpc) is 2.55. The molecule has 0 fully saturated rings. The second-order valence-electron chi connectivity index (χ2n) is 6.16. The number of aliphatic hydroxyl groups is 1. The molecule has 0 aliphatic rings. The topological polar surface area (TPSA) is 84.6 Å². The number of ether oxygens (including phenoxy) is 1. The van der Waals surface area contributed by atoms with E-state index >= 15 is 0 Å². The molecule has 0 aliphatic heterocycles. The predicted octanol–water partition coefficient (Wildman–Crippen LogP) is 4.51. The van der Waals surface area contributed by atoms with Crippen molar-refractivity contribution >= 4 is 17.1 Å². The minimum atomic E-state index is -4.66. The van der Waals surface area contributed by atoms with Crippen molar-refractivity contribution in [2.24, 2.45) is 0 Å². The summed E-state index contributed by atoms with van der Waals surface area (Å²) < 4.78 is 43.7. The number of nitrogens with one attached hydrogen (secondary N) is 1. The molecule has 0 radical (unpaired) electrons. The van der Waals surface area contributed by atoms with Crippen LogP contribution in [0, 0.1) is 10.1 Å². The Morgan fingerprint density at radius 1 is 1.15 bits per heavy atom. The maximum absolute atomic E-state index is 12.7. The molecule has 0 unspecified atom stereocenters. The van der Waals surface area contributed by atoms with Gasteiger partial charge in [-0.25, -0.2) is 0 Å². The van der Waals surface area contributed by atoms with Crippen LogP contribution in [-0.4, -0.2) is 22.2 Å². The van der Waals surface area contributed by atoms with Crippen LogP contribution < -0.4 is 10.1 Å². The number of benzene rings is 2. The fraction of sp³-hybridized carbons (Fsp3) is 0.294. The Balaban J connectivity index is 2.24. The van der Waals surface area contributed by atoms with E-state index < -0.39 is 28.0 Å². The van der Waals surface area contributed by atoms with Crippen molar-refractivity contribution in [3.05, 3.63) is 58.1 Å². The molecule has 2 aromatic carbocycles. The lowest BCUT2D eigenvalue weighted by molar-refractivity contribution is -0.384. The zero-order valence-corrected chi connectivity index (χ0v) is 14.0. The number of aliphatic hydroxyl groups excluding tert-OH is 1. The van der Waals surface area contributed by atoms with Gasteiger partial charge in [0.2, 0.25) is 0 Å². The maximum atomic E-state index is 12.7. The van der Waals surface area contributed by atoms with Gasteiger partial charge in [0.25, 0.3) is 5.69 Å². The van der Waals surface area contributed by atoms with Gasteiger partial charge in [0.1, 0.15) is 17.0 Å². The van der Waals surface area contributed by atoms with Crippen LogP contribution in [-0.2, 0) is 6.18 Å². The van der Waals surface area contributed by atoms with E-state index in [1.54, 1.807) is 38.1 Å². The van der Waals surface area contributed by atoms with E-state index in [1.165, 1.54) is 0 Å². The van der Waals surface area contributed by atoms with Gasteiger partial charge < -0.3 is 15.2 Å². The van der Waals surface area contributed by atoms with Crippen LogP contribution in [0.5, 0.6) is 5.75 Å². The van der Waals surface area contributed by atoms with E-state index in [0.29, 0.717) is 17.5 Å². The quantitative estimate of drug-likeness (QED) is 0.577. The molecule has 2 rings (SSSR count). The van der Waals surface area contributed by atoms with E-state index in [0.717, 1.165) is 12.1 Å². The summed E-state index contributed by atoms with van der Waals surface area (Å²) in [6.07, 6.45) is -4.66. The third kappa shape index (κ3) is 4.85. The lowest BCUT2D eigenvalue weighted by Crippen LogP contribution is -2.32. The van der Waals surface area contributed by atoms with Gasteiger partial charge in [-0.2, -0.15) is 13.2 Å². The predicted molar refractivity (Wildman–Crippen MR) is 89.6 cm³/mol. The second-order valence-corrected chi connectivity index (χ2v) is 6.16. The largest absolute Gasteiger partial charge is 0.485 e. The highest BCUT2D eigenvalue weighted by Gasteiger charge is 2.33. The van der Waals surface area contributed by atoms with Gasteiger partial charge >= 0.3 is 6.18 Å². The summed E-state index contributed by atoms with van der Waals surface area (Å²) in [5, 5.41) is 23.0. The van der Waals surface area contributed by atoms with Crippen LogP contribution in [0.1, 0.15) is 19.4 Å². The van der Waals surface area contributed by atoms with Crippen LogP contribution >= 0.6 is 0 Å². The first kappa shape index (κ1) is 19.5. The van der Waals surface area contributed by atoms with E-state index in [4.69, 9.17) is 4.74 Å². The smallest absolute Gasteiger partial charge is 0.416 e. The third-order valence-electron chi connectivity index (χ3n) is 3.43. The van der Waals surface area contributed by atoms with Crippen molar-refractivity contribution < 1.29 is 27.9 Å². The van der Waals surface area contributed by atoms with Crippen molar-refractivity contribution in [2.75, 3.05) is 11.9 Å². The fourth-order valence-corrected chi connectivity index (χ4v) is 2.08. The van der Waals surface area contributed by atoms with Crippen LogP contribution in [0.2, 0.25) is 0 Å². The average molecular weight is 370 g/mol. The first-order chi connectivity index (χ1) is 12.0. The van der Waals surface area contributed by atoms with Gasteiger partial charge in [-0.3, -0.25) is 10.1 Å². The number of nitrogens with zero attached hydrogens (tertiary/aromatic N) is 1. The van der Waals surface area contributed by atoms with Crippen molar-refractivity contribution in [3.8, 4) is 5.75 Å². The number of anilines is 2. The number of alkyl halides is 3. The highest BCUT2D eigenvalue weighted by atomic mass is 19.4. The summed E-state index contributed by atoms with van der Waals surface area (Å²) in [5.74, 6) is 0.469. The number of nitro groups is 1. The molecule has 0 amide bonds. The summed E-state index contributed by atoms with van der Waals surface area (Å²) in [7, 11) is 0. The van der Waals surface area contributed by atoms with Crippen LogP contribution in [0.4, 0.5) is 30.2 Å². The molecule has 9 heteroatoms. The second kappa shape index (κ2) is 7.20. The first-order valence-electron chi connectivity index (χ1n) is 7.54. The molecule has 0 saturated carbocycles. The number of halogens is 3. The zero-order chi connectivity index (χ0) is 19.5. The molecule has 6 nitrogen and oxygen atoms in total. The Morgan fingerprint density at radius 3 is 2.27 bits per heavy atom. The number of hydrogen-bond acceptors (Lipinski definition) is 5. The standard InChI is InChI=1S/C17H17F3N2O4/c1-16(2,10-23)26-13-6-4-12(5-7-13)21-14-8-3-11(17(18,19)20)9-15(14)22(24)25/h3-9,21,23H,10H2,1-2H3. The van der Waals surface area contributed by atoms with E-state index in [9.17, 15) is 28.4 Å². The van der Waals surface area contributed by atoms with Gasteiger partial charge in [0, 0.05) is 11.8 Å². The lowest BCUT2D eigenvalue weighted by atomic mass is 10.1. The Kier molecular flexibility index (Phi) is 5.41. The monoisotopic (exact) mass is 370 g/mol. The number of nitro benzene ring substituents is 1. The highest BCUT2D eigenvalue weighted by Crippen LogP contribution is 2.36. The summed E-state index contributed by atoms with van der Waals surface area (Å²) in [6, 6.07) is 8.56. The lowest BCUT2D eigenvalue weighted by Gasteiger charge is -2.24. The van der Waals surface area contributed by atoms with Gasteiger partial charge in [-0.15, -0.1) is 0 Å². The molecule has 2 N–H and O–H groups in total. The number of hydrogen-bond donors (Lipinski definition) is 2. The Labute approximate surface area is 147 Å². The summed E-state index contributed by atoms with van der Waals surface area (Å²) in [5.41, 5.74) is -2.18. The van der Waals surface area contributed by atoms with Gasteiger partial charge in [-0.1, -0.05) is 0 Å². The van der Waals surface area contributed by atoms with Gasteiger partial charge in [0.15, 0.2) is 0 Å². The van der Waals surface area contributed by atoms with E-state index in [1.807, 2.05) is 0 Å². The maximum Gasteiger partial charge on any atom is 0.416 e. The van der Waals surface area contributed by atoms with Crippen molar-refractivity contribution in [1.29, 1.82) is 0 Å². The molecular formula is C17H17F3N2O4. The van der Waals surface area contributed by atoms with Crippen molar-refractivity contribution in [1.82, 2.24) is 0 Å². The molecule has 0 saturated heterocycles. The summed E-state index contributed by atoms with van der Waals surface area (Å²) in [4.78, 5) is 10.2. The minimum absolute atomic E-state index is 0.0626. The van der Waals surface area contributed by atoms with Crippen molar-refractivity contribution in [3.63, 3.8) is 0 Å². The molecule has 26 heavy (non-hydrogen) atoms. The fourth-order valence-electron chi connectivity index (χ4n) is 2.08. The molecule has 0 aromatic heterocycles. The molecular weight excluding hydrogens is 353 g/mol. The summed E-state index contributed by atoms with van der Waals surface area (Å²) in [6.45, 7) is 3.21. The Morgan fingerprint density at radius 2 is 1.77 bits per heavy atom. The normalized spacial score (nSPS) is 11.9. The van der Waals surface area contributed by atoms with E-state index in [2.05, 4.69) is 5.32 Å². The van der Waals surface area contributed by atoms with Crippen molar-refractivity contribution in [2.45, 2.75) is 25.6 Å². The Hall–Kier alpha value is -2.81. The van der Waals surface area contributed by atoms with Gasteiger partial charge in [0.05, 0.1) is 17.1 Å². The van der Waals surface area contributed by atoms with Crippen LogP contribution in [0.15, 0.2) is 42.5 Å². The molecule has 140 valence electrons. The molecule has 2 aromatic rings. The molecule has 0 atom stereocenters. The Bertz CT molecular complexity index is 790. The molecule has 0 aliphatic carbocycles. The van der Waals surface area contributed by atoms with E-state index in [-0.39, 0.29) is 12.3 Å². The summed E-state index contributed by atoms with van der Waals surface area (Å²) >= 11 is 0. The molecule has 0 spiro atoms. The SMILES string of the molecule is CC(C)(CO)Oc1ccc(Nc2ccc(C(F)(F)F)cc2[N+](=O)[O-])cc1. The minimum Gasteiger partial charge on any atom is -0.485 e. The third-order valence-corrected chi connectivity index (χ3v) is 3.43. The van der Waals surface area contributed by atoms with Crippen LogP contribution in [0.25, 0.3) is 0 Å². The number of rotatable bonds is 6.